The second kappa shape index (κ2) is 11.7. The summed E-state index contributed by atoms with van der Waals surface area (Å²) in [6.45, 7) is 12.4. The zero-order chi connectivity index (χ0) is 25.8. The predicted molar refractivity (Wildman–Crippen MR) is 148 cm³/mol. The van der Waals surface area contributed by atoms with E-state index >= 15 is 0 Å². The normalized spacial score (nSPS) is 13.2. The molecule has 1 N–H and O–H groups in total. The number of thiophene rings is 2. The number of rotatable bonds is 10. The molecule has 36 heavy (non-hydrogen) atoms. The van der Waals surface area contributed by atoms with E-state index in [1.807, 2.05) is 18.4 Å². The number of allylic oxidation sites excluding steroid dienone is 1. The summed E-state index contributed by atoms with van der Waals surface area (Å²) >= 11 is 4.53. The number of ether oxygens (including phenoxy) is 1. The molecule has 0 saturated heterocycles. The molecule has 1 aliphatic rings. The second-order valence-electron chi connectivity index (χ2n) is 9.30. The van der Waals surface area contributed by atoms with E-state index in [1.54, 1.807) is 17.4 Å². The molecule has 7 nitrogen and oxygen atoms in total. The monoisotopic (exact) mass is 544 g/mol. The van der Waals surface area contributed by atoms with Gasteiger partial charge in [0.25, 0.3) is 0 Å². The highest BCUT2D eigenvalue weighted by molar-refractivity contribution is 7.99. The van der Waals surface area contributed by atoms with E-state index in [-0.39, 0.29) is 23.7 Å². The third kappa shape index (κ3) is 5.92. The van der Waals surface area contributed by atoms with Crippen molar-refractivity contribution in [2.75, 3.05) is 11.1 Å². The quantitative estimate of drug-likeness (QED) is 0.177. The summed E-state index contributed by atoms with van der Waals surface area (Å²) in [6, 6.07) is 2.15. The minimum atomic E-state index is -0.362. The molecule has 192 valence electrons. The molecule has 0 fully saturated rings. The van der Waals surface area contributed by atoms with Crippen molar-refractivity contribution in [2.45, 2.75) is 77.1 Å². The molecule has 1 amide bonds. The minimum absolute atomic E-state index is 0.150. The highest BCUT2D eigenvalue weighted by Crippen LogP contribution is 2.39. The molecule has 0 aromatic carbocycles. The summed E-state index contributed by atoms with van der Waals surface area (Å²) in [5.74, 6) is 0.814. The maximum absolute atomic E-state index is 13.0. The van der Waals surface area contributed by atoms with Crippen molar-refractivity contribution in [1.29, 1.82) is 0 Å². The number of hydrogen-bond acceptors (Lipinski definition) is 8. The van der Waals surface area contributed by atoms with Gasteiger partial charge in [-0.15, -0.1) is 39.4 Å². The van der Waals surface area contributed by atoms with Gasteiger partial charge in [0.1, 0.15) is 5.00 Å². The number of carbonyl (C=O) groups is 2. The van der Waals surface area contributed by atoms with E-state index in [1.165, 1.54) is 32.9 Å². The van der Waals surface area contributed by atoms with Crippen LogP contribution in [0.4, 0.5) is 5.00 Å². The van der Waals surface area contributed by atoms with Crippen LogP contribution in [0.5, 0.6) is 0 Å². The van der Waals surface area contributed by atoms with Gasteiger partial charge >= 0.3 is 5.97 Å². The molecule has 0 spiro atoms. The van der Waals surface area contributed by atoms with Crippen molar-refractivity contribution in [1.82, 2.24) is 14.8 Å². The van der Waals surface area contributed by atoms with Crippen molar-refractivity contribution in [3.05, 3.63) is 45.0 Å². The fourth-order valence-electron chi connectivity index (χ4n) is 4.11. The van der Waals surface area contributed by atoms with Crippen LogP contribution in [0.2, 0.25) is 0 Å². The Hall–Kier alpha value is -2.43. The lowest BCUT2D eigenvalue weighted by molar-refractivity contribution is -0.113. The topological polar surface area (TPSA) is 86.1 Å². The van der Waals surface area contributed by atoms with Gasteiger partial charge in [-0.3, -0.25) is 9.36 Å². The summed E-state index contributed by atoms with van der Waals surface area (Å²) in [4.78, 5) is 28.3. The first-order chi connectivity index (χ1) is 17.3. The van der Waals surface area contributed by atoms with Gasteiger partial charge in [0.2, 0.25) is 5.91 Å². The van der Waals surface area contributed by atoms with E-state index in [2.05, 4.69) is 47.4 Å². The SMILES string of the molecule is C=CCn1c(SCC(=O)Nc2sc3c(c2C(=O)OC(C)C)CCCC3)nnc1-c1csc(C(C)C)c1. The number of aromatic nitrogens is 3. The van der Waals surface area contributed by atoms with Crippen LogP contribution < -0.4 is 5.32 Å². The molecule has 3 aromatic rings. The van der Waals surface area contributed by atoms with E-state index < -0.39 is 0 Å². The fourth-order valence-corrected chi connectivity index (χ4v) is 7.06. The Labute approximate surface area is 224 Å². The first-order valence-corrected chi connectivity index (χ1v) is 14.9. The van der Waals surface area contributed by atoms with Crippen LogP contribution in [0.1, 0.15) is 72.1 Å². The Morgan fingerprint density at radius 2 is 2.03 bits per heavy atom. The number of thioether (sulfide) groups is 1. The second-order valence-corrected chi connectivity index (χ2v) is 12.3. The standard InChI is InChI=1S/C26H32N4O3S3/c1-6-11-30-23(17-12-20(15(2)3)34-13-17)28-29-26(30)35-14-21(31)27-24-22(25(32)33-16(4)5)18-9-7-8-10-19(18)36-24/h6,12-13,15-16H,1,7-11,14H2,2-5H3,(H,27,31). The molecule has 0 unspecified atom stereocenters. The molecular formula is C26H32N4O3S3. The minimum Gasteiger partial charge on any atom is -0.459 e. The van der Waals surface area contributed by atoms with Gasteiger partial charge in [-0.25, -0.2) is 4.79 Å². The Bertz CT molecular complexity index is 1260. The van der Waals surface area contributed by atoms with Gasteiger partial charge in [-0.1, -0.05) is 31.7 Å². The highest BCUT2D eigenvalue weighted by Gasteiger charge is 2.28. The summed E-state index contributed by atoms with van der Waals surface area (Å²) in [7, 11) is 0. The Balaban J connectivity index is 1.50. The van der Waals surface area contributed by atoms with Crippen LogP contribution >= 0.6 is 34.4 Å². The molecule has 0 bridgehead atoms. The number of nitrogens with zero attached hydrogens (tertiary/aromatic N) is 3. The van der Waals surface area contributed by atoms with E-state index in [0.29, 0.717) is 28.2 Å². The van der Waals surface area contributed by atoms with Gasteiger partial charge < -0.3 is 10.1 Å². The van der Waals surface area contributed by atoms with Crippen molar-refractivity contribution >= 4 is 51.3 Å². The molecule has 0 aliphatic heterocycles. The largest absolute Gasteiger partial charge is 0.459 e. The van der Waals surface area contributed by atoms with Crippen LogP contribution in [-0.2, 0) is 28.9 Å². The van der Waals surface area contributed by atoms with Crippen LogP contribution in [0, 0.1) is 0 Å². The number of esters is 1. The van der Waals surface area contributed by atoms with Crippen LogP contribution in [-0.4, -0.2) is 38.5 Å². The van der Waals surface area contributed by atoms with E-state index in [4.69, 9.17) is 4.74 Å². The van der Waals surface area contributed by atoms with Crippen molar-refractivity contribution in [3.63, 3.8) is 0 Å². The van der Waals surface area contributed by atoms with Gasteiger partial charge in [0.15, 0.2) is 11.0 Å². The lowest BCUT2D eigenvalue weighted by Gasteiger charge is -2.14. The van der Waals surface area contributed by atoms with Crippen LogP contribution in [0.3, 0.4) is 0 Å². The maximum Gasteiger partial charge on any atom is 0.341 e. The molecule has 4 rings (SSSR count). The number of amides is 1. The summed E-state index contributed by atoms with van der Waals surface area (Å²) in [5, 5.41) is 15.1. The van der Waals surface area contributed by atoms with E-state index in [9.17, 15) is 9.59 Å². The number of anilines is 1. The maximum atomic E-state index is 13.0. The number of nitrogens with one attached hydrogen (secondary N) is 1. The number of hydrogen-bond donors (Lipinski definition) is 1. The Morgan fingerprint density at radius 3 is 2.72 bits per heavy atom. The number of fused-ring (bicyclic) bond motifs is 1. The molecule has 10 heteroatoms. The highest BCUT2D eigenvalue weighted by atomic mass is 32.2. The third-order valence-electron chi connectivity index (χ3n) is 5.78. The first-order valence-electron chi connectivity index (χ1n) is 12.2. The Kier molecular flexibility index (Phi) is 8.69. The number of aryl methyl sites for hydroxylation is 1. The molecule has 0 atom stereocenters. The molecular weight excluding hydrogens is 513 g/mol. The Morgan fingerprint density at radius 1 is 1.25 bits per heavy atom. The molecule has 0 radical (unpaired) electrons. The molecule has 1 aliphatic carbocycles. The summed E-state index contributed by atoms with van der Waals surface area (Å²) < 4.78 is 7.48. The predicted octanol–water partition coefficient (Wildman–Crippen LogP) is 6.55. The molecule has 3 aromatic heterocycles. The van der Waals surface area contributed by atoms with Gasteiger partial charge in [-0.2, -0.15) is 0 Å². The zero-order valence-electron chi connectivity index (χ0n) is 21.1. The zero-order valence-corrected chi connectivity index (χ0v) is 23.6. The van der Waals surface area contributed by atoms with Crippen LogP contribution in [0.25, 0.3) is 11.4 Å². The first kappa shape index (κ1) is 26.6. The fraction of sp³-hybridized carbons (Fsp3) is 0.462. The average Bonchev–Trinajstić information content (AvgIpc) is 3.54. The average molecular weight is 545 g/mol. The smallest absolute Gasteiger partial charge is 0.341 e. The van der Waals surface area contributed by atoms with Gasteiger partial charge in [-0.05, 0) is 57.1 Å². The van der Waals surface area contributed by atoms with Gasteiger partial charge in [0, 0.05) is 27.2 Å². The lowest BCUT2D eigenvalue weighted by atomic mass is 9.95. The molecule has 3 heterocycles. The van der Waals surface area contributed by atoms with Crippen LogP contribution in [0.15, 0.2) is 29.3 Å². The summed E-state index contributed by atoms with van der Waals surface area (Å²) in [6.07, 6.45) is 5.49. The van der Waals surface area contributed by atoms with Gasteiger partial charge in [0.05, 0.1) is 17.4 Å². The number of carbonyl (C=O) groups excluding carboxylic acids is 2. The van der Waals surface area contributed by atoms with Crippen molar-refractivity contribution in [3.8, 4) is 11.4 Å². The lowest BCUT2D eigenvalue weighted by Crippen LogP contribution is -2.19. The van der Waals surface area contributed by atoms with Crippen molar-refractivity contribution in [2.24, 2.45) is 0 Å². The van der Waals surface area contributed by atoms with E-state index in [0.717, 1.165) is 42.6 Å². The third-order valence-corrected chi connectivity index (χ3v) is 9.19. The molecule has 0 saturated carbocycles. The van der Waals surface area contributed by atoms with Crippen molar-refractivity contribution < 1.29 is 14.3 Å². The summed E-state index contributed by atoms with van der Waals surface area (Å²) in [5.41, 5.74) is 2.58.